The molecule has 0 aromatic rings. The lowest BCUT2D eigenvalue weighted by atomic mass is 9.63. The van der Waals surface area contributed by atoms with E-state index in [4.69, 9.17) is 22.4 Å². The van der Waals surface area contributed by atoms with Gasteiger partial charge in [-0.1, -0.05) is 86.2 Å². The van der Waals surface area contributed by atoms with E-state index >= 15 is 0 Å². The van der Waals surface area contributed by atoms with E-state index in [9.17, 15) is 0 Å². The summed E-state index contributed by atoms with van der Waals surface area (Å²) in [6.45, 7) is 9.32. The maximum atomic E-state index is 6.22. The lowest BCUT2D eigenvalue weighted by molar-refractivity contribution is 0.136. The highest BCUT2D eigenvalue weighted by Gasteiger charge is 2.57. The minimum Gasteiger partial charge on any atom is -0.0831 e. The zero-order chi connectivity index (χ0) is 17.4. The molecule has 1 heterocycles. The molecule has 1 aliphatic heterocycles. The summed E-state index contributed by atoms with van der Waals surface area (Å²) in [4.78, 5) is 0. The molecule has 0 amide bonds. The van der Waals surface area contributed by atoms with Gasteiger partial charge in [0.2, 0.25) is 0 Å². The maximum absolute atomic E-state index is 6.22. The third-order valence-electron chi connectivity index (χ3n) is 6.30. The predicted molar refractivity (Wildman–Crippen MR) is 115 cm³/mol. The second kappa shape index (κ2) is 10.1. The van der Waals surface area contributed by atoms with Crippen LogP contribution >= 0.6 is 0 Å². The smallest absolute Gasteiger partial charge is 0.0303 e. The minimum atomic E-state index is -1.29. The van der Waals surface area contributed by atoms with Crippen molar-refractivity contribution in [2.45, 2.75) is 116 Å². The molecule has 0 saturated carbocycles. The number of hydrogen-bond acceptors (Lipinski definition) is 2. The fourth-order valence-electron chi connectivity index (χ4n) is 4.83. The average molecular weight is 377 g/mol. The summed E-state index contributed by atoms with van der Waals surface area (Å²) >= 11 is 12.4. The van der Waals surface area contributed by atoms with Gasteiger partial charge in [-0.3, -0.25) is 0 Å². The van der Waals surface area contributed by atoms with Gasteiger partial charge in [0.05, 0.1) is 0 Å². The van der Waals surface area contributed by atoms with E-state index in [0.29, 0.717) is 10.2 Å². The average Bonchev–Trinajstić information content (AvgIpc) is 2.75. The molecule has 0 unspecified atom stereocenters. The molecule has 0 nitrogen and oxygen atoms in total. The normalized spacial score (nSPS) is 21.6. The van der Waals surface area contributed by atoms with E-state index < -0.39 is 7.15 Å². The van der Waals surface area contributed by atoms with Gasteiger partial charge < -0.3 is 0 Å². The third kappa shape index (κ3) is 4.70. The van der Waals surface area contributed by atoms with Crippen molar-refractivity contribution in [3.8, 4) is 0 Å². The first-order valence-corrected chi connectivity index (χ1v) is 13.8. The van der Waals surface area contributed by atoms with Crippen molar-refractivity contribution in [1.29, 1.82) is 0 Å². The maximum Gasteiger partial charge on any atom is 0.0303 e. The SMILES string of the molecule is CCCCC1(CCCC)CCS(=S)(=S)C1(CCCC)CCCC. The third-order valence-corrected chi connectivity index (χ3v) is 12.0. The first kappa shape index (κ1) is 21.8. The Morgan fingerprint density at radius 2 is 1.09 bits per heavy atom. The Kier molecular flexibility index (Phi) is 9.55. The zero-order valence-electron chi connectivity index (χ0n) is 16.1. The first-order chi connectivity index (χ1) is 10.9. The van der Waals surface area contributed by atoms with Crippen molar-refractivity contribution >= 4 is 29.5 Å². The van der Waals surface area contributed by atoms with Crippen LogP contribution < -0.4 is 0 Å². The van der Waals surface area contributed by atoms with E-state index in [1.165, 1.54) is 89.2 Å². The van der Waals surface area contributed by atoms with Gasteiger partial charge in [-0.2, -0.15) is 0 Å². The second-order valence-corrected chi connectivity index (χ2v) is 14.2. The molecule has 1 fully saturated rings. The summed E-state index contributed by atoms with van der Waals surface area (Å²) in [5, 5.41) is 0. The Balaban J connectivity index is 3.28. The quantitative estimate of drug-likeness (QED) is 0.361. The zero-order valence-corrected chi connectivity index (χ0v) is 18.6. The van der Waals surface area contributed by atoms with Gasteiger partial charge in [-0.05, 0) is 59.9 Å². The topological polar surface area (TPSA) is 0 Å². The fourth-order valence-corrected chi connectivity index (χ4v) is 10.3. The highest BCUT2D eigenvalue weighted by atomic mass is 33.1. The summed E-state index contributed by atoms with van der Waals surface area (Å²) in [5.74, 6) is 1.18. The Bertz CT molecular complexity index is 406. The molecule has 0 aromatic carbocycles. The molecule has 0 bridgehead atoms. The molecular weight excluding hydrogens is 336 g/mol. The van der Waals surface area contributed by atoms with Gasteiger partial charge in [-0.15, -0.1) is 0 Å². The summed E-state index contributed by atoms with van der Waals surface area (Å²) in [7, 11) is -1.29. The van der Waals surface area contributed by atoms with E-state index in [1.54, 1.807) is 0 Å². The van der Waals surface area contributed by atoms with Gasteiger partial charge >= 0.3 is 0 Å². The molecule has 0 radical (unpaired) electrons. The van der Waals surface area contributed by atoms with Crippen molar-refractivity contribution in [3.05, 3.63) is 0 Å². The van der Waals surface area contributed by atoms with Crippen molar-refractivity contribution in [3.63, 3.8) is 0 Å². The Morgan fingerprint density at radius 1 is 0.696 bits per heavy atom. The molecule has 0 atom stereocenters. The van der Waals surface area contributed by atoms with Crippen molar-refractivity contribution in [2.24, 2.45) is 5.41 Å². The molecule has 138 valence electrons. The van der Waals surface area contributed by atoms with Crippen LogP contribution in [0, 0.1) is 5.41 Å². The lowest BCUT2D eigenvalue weighted by Crippen LogP contribution is -2.48. The predicted octanol–water partition coefficient (Wildman–Crippen LogP) is 6.95. The van der Waals surface area contributed by atoms with Crippen LogP contribution in [0.3, 0.4) is 0 Å². The fraction of sp³-hybridized carbons (Fsp3) is 1.00. The first-order valence-electron chi connectivity index (χ1n) is 10.2. The van der Waals surface area contributed by atoms with Gasteiger partial charge in [0.25, 0.3) is 0 Å². The highest BCUT2D eigenvalue weighted by Crippen LogP contribution is 2.59. The van der Waals surface area contributed by atoms with E-state index in [0.717, 1.165) is 0 Å². The highest BCUT2D eigenvalue weighted by molar-refractivity contribution is 8.57. The van der Waals surface area contributed by atoms with E-state index in [2.05, 4.69) is 27.7 Å². The molecule has 1 saturated heterocycles. The van der Waals surface area contributed by atoms with Gasteiger partial charge in [0.1, 0.15) is 0 Å². The standard InChI is InChI=1S/C20H40S3/c1-5-9-13-19(14-10-6-2)17-18-23(21,22)20(19,15-11-7-3)16-12-8-4/h5-18H2,1-4H3. The van der Waals surface area contributed by atoms with Crippen LogP contribution in [0.1, 0.15) is 111 Å². The second-order valence-electron chi connectivity index (χ2n) is 7.76. The van der Waals surface area contributed by atoms with Crippen LogP contribution in [0.4, 0.5) is 0 Å². The van der Waals surface area contributed by atoms with Crippen LogP contribution in [0.5, 0.6) is 0 Å². The molecule has 0 aliphatic carbocycles. The molecule has 0 spiro atoms. The summed E-state index contributed by atoms with van der Waals surface area (Å²) in [6, 6.07) is 0. The van der Waals surface area contributed by atoms with Gasteiger partial charge in [0, 0.05) is 10.5 Å². The lowest BCUT2D eigenvalue weighted by Gasteiger charge is -2.49. The Labute approximate surface area is 156 Å². The van der Waals surface area contributed by atoms with Crippen molar-refractivity contribution < 1.29 is 0 Å². The van der Waals surface area contributed by atoms with Crippen molar-refractivity contribution in [1.82, 2.24) is 0 Å². The summed E-state index contributed by atoms with van der Waals surface area (Å²) in [5.41, 5.74) is 0.474. The van der Waals surface area contributed by atoms with Crippen LogP contribution in [0.2, 0.25) is 0 Å². The van der Waals surface area contributed by atoms with E-state index in [1.807, 2.05) is 0 Å². The monoisotopic (exact) mass is 376 g/mol. The van der Waals surface area contributed by atoms with Crippen LogP contribution in [-0.4, -0.2) is 10.5 Å². The van der Waals surface area contributed by atoms with E-state index in [-0.39, 0.29) is 0 Å². The molecule has 3 heteroatoms. The number of hydrogen-bond donors (Lipinski definition) is 0. The Morgan fingerprint density at radius 3 is 1.48 bits per heavy atom. The number of rotatable bonds is 12. The molecular formula is C20H40S3. The minimum absolute atomic E-state index is 0.320. The van der Waals surface area contributed by atoms with Crippen LogP contribution in [0.25, 0.3) is 0 Å². The molecule has 1 aliphatic rings. The largest absolute Gasteiger partial charge is 0.0831 e. The summed E-state index contributed by atoms with van der Waals surface area (Å²) in [6.07, 6.45) is 17.3. The molecule has 1 rings (SSSR count). The number of unbranched alkanes of at least 4 members (excludes halogenated alkanes) is 4. The van der Waals surface area contributed by atoms with Crippen molar-refractivity contribution in [2.75, 3.05) is 5.75 Å². The Hall–Kier alpha value is 0.790. The summed E-state index contributed by atoms with van der Waals surface area (Å²) < 4.78 is 0.320. The molecule has 0 aromatic heterocycles. The van der Waals surface area contributed by atoms with Crippen LogP contribution in [-0.2, 0) is 29.5 Å². The molecule has 23 heavy (non-hydrogen) atoms. The van der Waals surface area contributed by atoms with Gasteiger partial charge in [0.15, 0.2) is 0 Å². The van der Waals surface area contributed by atoms with Crippen LogP contribution in [0.15, 0.2) is 0 Å². The van der Waals surface area contributed by atoms with Gasteiger partial charge in [-0.25, -0.2) is 0 Å². The molecule has 0 N–H and O–H groups in total.